The molecule has 1 fully saturated rings. The normalized spacial score (nSPS) is 19.8. The number of benzene rings is 2. The van der Waals surface area contributed by atoms with Crippen molar-refractivity contribution in [2.75, 3.05) is 28.6 Å². The zero-order valence-electron chi connectivity index (χ0n) is 13.5. The highest BCUT2D eigenvalue weighted by Gasteiger charge is 2.38. The van der Waals surface area contributed by atoms with E-state index < -0.39 is 0 Å². The van der Waals surface area contributed by atoms with Gasteiger partial charge in [-0.3, -0.25) is 4.79 Å². The summed E-state index contributed by atoms with van der Waals surface area (Å²) in [5.41, 5.74) is 10.3. The first-order valence-corrected chi connectivity index (χ1v) is 8.26. The summed E-state index contributed by atoms with van der Waals surface area (Å²) in [5.74, 6) is 0.200. The molecule has 24 heavy (non-hydrogen) atoms. The molecule has 1 unspecified atom stereocenters. The van der Waals surface area contributed by atoms with Crippen molar-refractivity contribution >= 4 is 35.4 Å². The summed E-state index contributed by atoms with van der Waals surface area (Å²) in [6, 6.07) is 15.9. The fraction of sp³-hybridized carbons (Fsp3) is 0.316. The minimum atomic E-state index is -0.0731. The Balaban J connectivity index is 0.00000169. The first-order valence-electron chi connectivity index (χ1n) is 8.26. The van der Waals surface area contributed by atoms with Crippen LogP contribution >= 0.6 is 12.4 Å². The van der Waals surface area contributed by atoms with Crippen molar-refractivity contribution in [3.8, 4) is 0 Å². The van der Waals surface area contributed by atoms with Gasteiger partial charge in [0, 0.05) is 30.2 Å². The van der Waals surface area contributed by atoms with E-state index in [1.54, 1.807) is 0 Å². The Morgan fingerprint density at radius 1 is 1.00 bits per heavy atom. The van der Waals surface area contributed by atoms with Crippen molar-refractivity contribution in [3.05, 3.63) is 54.1 Å². The van der Waals surface area contributed by atoms with Crippen LogP contribution in [-0.2, 0) is 11.2 Å². The second-order valence-corrected chi connectivity index (χ2v) is 6.27. The van der Waals surface area contributed by atoms with E-state index in [0.29, 0.717) is 0 Å². The number of hydrogen-bond donors (Lipinski definition) is 1. The predicted octanol–water partition coefficient (Wildman–Crippen LogP) is 3.25. The van der Waals surface area contributed by atoms with Gasteiger partial charge in [0.05, 0.1) is 0 Å². The van der Waals surface area contributed by atoms with Crippen LogP contribution in [0.5, 0.6) is 0 Å². The molecule has 2 N–H and O–H groups in total. The van der Waals surface area contributed by atoms with E-state index in [4.69, 9.17) is 5.73 Å². The SMILES string of the molecule is Cl.Nc1cccc2c1CCCN2C1CCN(c2ccccc2)C1=O. The van der Waals surface area contributed by atoms with E-state index in [0.717, 1.165) is 49.4 Å². The van der Waals surface area contributed by atoms with Gasteiger partial charge in [0.2, 0.25) is 5.91 Å². The van der Waals surface area contributed by atoms with Gasteiger partial charge in [-0.2, -0.15) is 0 Å². The van der Waals surface area contributed by atoms with Crippen molar-refractivity contribution in [3.63, 3.8) is 0 Å². The van der Waals surface area contributed by atoms with Gasteiger partial charge >= 0.3 is 0 Å². The molecule has 1 atom stereocenters. The summed E-state index contributed by atoms with van der Waals surface area (Å²) >= 11 is 0. The fourth-order valence-corrected chi connectivity index (χ4v) is 3.82. The van der Waals surface area contributed by atoms with Crippen LogP contribution in [0.2, 0.25) is 0 Å². The molecule has 0 bridgehead atoms. The van der Waals surface area contributed by atoms with E-state index in [1.807, 2.05) is 47.4 Å². The number of halogens is 1. The number of amides is 1. The number of carbonyl (C=O) groups is 1. The molecule has 4 rings (SSSR count). The minimum Gasteiger partial charge on any atom is -0.398 e. The molecular weight excluding hydrogens is 322 g/mol. The molecule has 2 aromatic carbocycles. The Hall–Kier alpha value is -2.20. The van der Waals surface area contributed by atoms with E-state index >= 15 is 0 Å². The molecule has 0 spiro atoms. The number of para-hydroxylation sites is 1. The lowest BCUT2D eigenvalue weighted by atomic mass is 9.98. The summed E-state index contributed by atoms with van der Waals surface area (Å²) in [4.78, 5) is 17.1. The maximum Gasteiger partial charge on any atom is 0.249 e. The number of nitrogens with two attached hydrogens (primary N) is 1. The number of nitrogen functional groups attached to an aromatic ring is 1. The van der Waals surface area contributed by atoms with E-state index in [2.05, 4.69) is 11.0 Å². The number of nitrogens with zero attached hydrogens (tertiary/aromatic N) is 2. The molecule has 1 amide bonds. The first kappa shape index (κ1) is 16.7. The topological polar surface area (TPSA) is 49.6 Å². The highest BCUT2D eigenvalue weighted by atomic mass is 35.5. The Morgan fingerprint density at radius 2 is 1.79 bits per heavy atom. The van der Waals surface area contributed by atoms with Crippen molar-refractivity contribution in [2.24, 2.45) is 0 Å². The molecule has 0 saturated carbocycles. The summed E-state index contributed by atoms with van der Waals surface area (Å²) in [6.45, 7) is 1.71. The molecule has 1 saturated heterocycles. The second kappa shape index (κ2) is 6.73. The Labute approximate surface area is 148 Å². The van der Waals surface area contributed by atoms with Crippen LogP contribution < -0.4 is 15.5 Å². The van der Waals surface area contributed by atoms with Crippen LogP contribution in [0.4, 0.5) is 17.1 Å². The summed E-state index contributed by atoms with van der Waals surface area (Å²) in [5, 5.41) is 0. The van der Waals surface area contributed by atoms with Crippen molar-refractivity contribution in [1.29, 1.82) is 0 Å². The van der Waals surface area contributed by atoms with Crippen LogP contribution in [0.15, 0.2) is 48.5 Å². The third-order valence-electron chi connectivity index (χ3n) is 4.94. The molecule has 0 aromatic heterocycles. The number of fused-ring (bicyclic) bond motifs is 1. The van der Waals surface area contributed by atoms with Crippen LogP contribution in [-0.4, -0.2) is 25.0 Å². The number of hydrogen-bond acceptors (Lipinski definition) is 3. The van der Waals surface area contributed by atoms with Crippen molar-refractivity contribution in [1.82, 2.24) is 0 Å². The Morgan fingerprint density at radius 3 is 2.58 bits per heavy atom. The average molecular weight is 344 g/mol. The fourth-order valence-electron chi connectivity index (χ4n) is 3.82. The van der Waals surface area contributed by atoms with Crippen LogP contribution in [0.25, 0.3) is 0 Å². The average Bonchev–Trinajstić information content (AvgIpc) is 2.97. The van der Waals surface area contributed by atoms with Gasteiger partial charge in [-0.1, -0.05) is 24.3 Å². The van der Waals surface area contributed by atoms with Gasteiger partial charge in [0.15, 0.2) is 0 Å². The molecular formula is C19H22ClN3O. The van der Waals surface area contributed by atoms with Gasteiger partial charge in [0.25, 0.3) is 0 Å². The quantitative estimate of drug-likeness (QED) is 0.851. The van der Waals surface area contributed by atoms with E-state index in [-0.39, 0.29) is 24.4 Å². The van der Waals surface area contributed by atoms with E-state index in [9.17, 15) is 4.79 Å². The number of carbonyl (C=O) groups excluding carboxylic acids is 1. The van der Waals surface area contributed by atoms with Gasteiger partial charge in [-0.05, 0) is 49.1 Å². The largest absolute Gasteiger partial charge is 0.398 e. The monoisotopic (exact) mass is 343 g/mol. The van der Waals surface area contributed by atoms with Crippen LogP contribution in [0.3, 0.4) is 0 Å². The lowest BCUT2D eigenvalue weighted by molar-refractivity contribution is -0.118. The first-order chi connectivity index (χ1) is 11.3. The maximum atomic E-state index is 13.0. The van der Waals surface area contributed by atoms with Crippen molar-refractivity contribution < 1.29 is 4.79 Å². The van der Waals surface area contributed by atoms with Crippen LogP contribution in [0.1, 0.15) is 18.4 Å². The van der Waals surface area contributed by atoms with Gasteiger partial charge in [0.1, 0.15) is 6.04 Å². The zero-order valence-corrected chi connectivity index (χ0v) is 14.3. The molecule has 2 aromatic rings. The molecule has 4 nitrogen and oxygen atoms in total. The predicted molar refractivity (Wildman–Crippen MR) is 101 cm³/mol. The number of anilines is 3. The number of rotatable bonds is 2. The summed E-state index contributed by atoms with van der Waals surface area (Å²) in [7, 11) is 0. The molecule has 0 aliphatic carbocycles. The Kier molecular flexibility index (Phi) is 4.67. The molecule has 5 heteroatoms. The molecule has 126 valence electrons. The van der Waals surface area contributed by atoms with Gasteiger partial charge in [-0.15, -0.1) is 12.4 Å². The zero-order chi connectivity index (χ0) is 15.8. The third-order valence-corrected chi connectivity index (χ3v) is 4.94. The van der Waals surface area contributed by atoms with Gasteiger partial charge < -0.3 is 15.5 Å². The highest BCUT2D eigenvalue weighted by Crippen LogP contribution is 2.35. The molecule has 0 radical (unpaired) electrons. The standard InChI is InChI=1S/C19H21N3O.ClH/c20-16-9-4-10-17-15(16)8-5-12-22(17)18-11-13-21(19(18)23)14-6-2-1-3-7-14;/h1-4,6-7,9-10,18H,5,8,11-13,20H2;1H. The smallest absolute Gasteiger partial charge is 0.249 e. The maximum absolute atomic E-state index is 13.0. The molecule has 2 aliphatic rings. The molecule has 2 heterocycles. The minimum absolute atomic E-state index is 0. The third kappa shape index (κ3) is 2.71. The molecule has 2 aliphatic heterocycles. The summed E-state index contributed by atoms with van der Waals surface area (Å²) < 4.78 is 0. The second-order valence-electron chi connectivity index (χ2n) is 6.27. The van der Waals surface area contributed by atoms with Crippen molar-refractivity contribution in [2.45, 2.75) is 25.3 Å². The lowest BCUT2D eigenvalue weighted by Gasteiger charge is -2.35. The van der Waals surface area contributed by atoms with Gasteiger partial charge in [-0.25, -0.2) is 0 Å². The Bertz CT molecular complexity index is 735. The van der Waals surface area contributed by atoms with Crippen LogP contribution in [0, 0.1) is 0 Å². The lowest BCUT2D eigenvalue weighted by Crippen LogP contribution is -2.44. The van der Waals surface area contributed by atoms with E-state index in [1.165, 1.54) is 5.56 Å². The highest BCUT2D eigenvalue weighted by molar-refractivity contribution is 6.01. The summed E-state index contributed by atoms with van der Waals surface area (Å²) in [6.07, 6.45) is 2.92.